The van der Waals surface area contributed by atoms with E-state index in [1.54, 1.807) is 4.90 Å². The van der Waals surface area contributed by atoms with Gasteiger partial charge in [0.1, 0.15) is 0 Å². The van der Waals surface area contributed by atoms with E-state index in [9.17, 15) is 9.59 Å². The van der Waals surface area contributed by atoms with E-state index in [2.05, 4.69) is 30.1 Å². The summed E-state index contributed by atoms with van der Waals surface area (Å²) in [6.45, 7) is 6.99. The van der Waals surface area contributed by atoms with Gasteiger partial charge in [0.25, 0.3) is 0 Å². The largest absolute Gasteiger partial charge is 0.375 e. The van der Waals surface area contributed by atoms with Crippen molar-refractivity contribution in [2.75, 3.05) is 26.2 Å². The van der Waals surface area contributed by atoms with Crippen LogP contribution in [-0.4, -0.2) is 52.8 Å². The van der Waals surface area contributed by atoms with Gasteiger partial charge >= 0.3 is 6.03 Å². The Balaban J connectivity index is 1.81. The van der Waals surface area contributed by atoms with Crippen LogP contribution in [0.25, 0.3) is 0 Å². The van der Waals surface area contributed by atoms with E-state index in [4.69, 9.17) is 0 Å². The minimum absolute atomic E-state index is 0.0928. The van der Waals surface area contributed by atoms with Crippen LogP contribution >= 0.6 is 0 Å². The fraction of sp³-hybridized carbons (Fsp3) is 0.524. The summed E-state index contributed by atoms with van der Waals surface area (Å²) in [4.78, 5) is 30.6. The van der Waals surface area contributed by atoms with Gasteiger partial charge in [0.15, 0.2) is 0 Å². The maximum Gasteiger partial charge on any atom is 0.331 e. The number of piperidine rings is 1. The molecule has 1 aliphatic carbocycles. The first-order valence-corrected chi connectivity index (χ1v) is 9.67. The van der Waals surface area contributed by atoms with E-state index >= 15 is 0 Å². The molecule has 3 rings (SSSR count). The molecule has 140 valence electrons. The number of carbonyl (C=O) groups excluding carboxylic acids is 2. The van der Waals surface area contributed by atoms with Crippen LogP contribution in [0.2, 0.25) is 0 Å². The smallest absolute Gasteiger partial charge is 0.331 e. The molecule has 3 aliphatic rings. The topological polar surface area (TPSA) is 43.9 Å². The second-order valence-electron chi connectivity index (χ2n) is 7.11. The minimum atomic E-state index is -0.215. The van der Waals surface area contributed by atoms with E-state index < -0.39 is 0 Å². The lowest BCUT2D eigenvalue weighted by Gasteiger charge is -2.35. The Labute approximate surface area is 156 Å². The number of carbonyl (C=O) groups is 2. The summed E-state index contributed by atoms with van der Waals surface area (Å²) < 4.78 is 0. The molecule has 0 bridgehead atoms. The standard InChI is InChI=1S/C21H29N3O2/c1-3-4-15-24-20(25)12-16-23(21(24)26)19-11-10-18(9-8-17(19)2)22-13-6-5-7-14-22/h3-4,8,10-11H,5-7,9,12-16H2,1-2H3/b4-3+. The molecule has 0 saturated carbocycles. The van der Waals surface area contributed by atoms with Crippen molar-refractivity contribution in [2.24, 2.45) is 0 Å². The monoisotopic (exact) mass is 355 g/mol. The molecular weight excluding hydrogens is 326 g/mol. The molecule has 0 radical (unpaired) electrons. The number of hydrogen-bond donors (Lipinski definition) is 0. The van der Waals surface area contributed by atoms with Crippen LogP contribution in [-0.2, 0) is 4.79 Å². The van der Waals surface area contributed by atoms with E-state index in [0.29, 0.717) is 19.5 Å². The fourth-order valence-corrected chi connectivity index (χ4v) is 3.76. The third-order valence-electron chi connectivity index (χ3n) is 5.34. The number of urea groups is 1. The van der Waals surface area contributed by atoms with E-state index in [-0.39, 0.29) is 11.9 Å². The van der Waals surface area contributed by atoms with Gasteiger partial charge in [-0.25, -0.2) is 4.79 Å². The highest BCUT2D eigenvalue weighted by atomic mass is 16.2. The summed E-state index contributed by atoms with van der Waals surface area (Å²) in [5, 5.41) is 0. The number of hydrogen-bond acceptors (Lipinski definition) is 3. The lowest BCUT2D eigenvalue weighted by molar-refractivity contribution is -0.130. The average Bonchev–Trinajstić information content (AvgIpc) is 2.85. The second-order valence-corrected chi connectivity index (χ2v) is 7.11. The Morgan fingerprint density at radius 3 is 2.58 bits per heavy atom. The van der Waals surface area contributed by atoms with Gasteiger partial charge in [-0.3, -0.25) is 14.6 Å². The Hall–Kier alpha value is -2.30. The van der Waals surface area contributed by atoms with Crippen molar-refractivity contribution in [1.29, 1.82) is 0 Å². The summed E-state index contributed by atoms with van der Waals surface area (Å²) in [5.74, 6) is -0.0928. The summed E-state index contributed by atoms with van der Waals surface area (Å²) in [5.41, 5.74) is 3.34. The summed E-state index contributed by atoms with van der Waals surface area (Å²) in [6.07, 6.45) is 15.2. The molecule has 0 aromatic carbocycles. The van der Waals surface area contributed by atoms with Gasteiger partial charge in [-0.1, -0.05) is 18.2 Å². The molecule has 5 heteroatoms. The maximum absolute atomic E-state index is 12.9. The lowest BCUT2D eigenvalue weighted by Crippen LogP contribution is -2.51. The van der Waals surface area contributed by atoms with Gasteiger partial charge in [-0.15, -0.1) is 0 Å². The third-order valence-corrected chi connectivity index (χ3v) is 5.34. The Bertz CT molecular complexity index is 681. The Kier molecular flexibility index (Phi) is 5.96. The Morgan fingerprint density at radius 1 is 1.08 bits per heavy atom. The number of amides is 3. The molecule has 26 heavy (non-hydrogen) atoms. The molecule has 0 unspecified atom stereocenters. The van der Waals surface area contributed by atoms with Crippen molar-refractivity contribution < 1.29 is 9.59 Å². The van der Waals surface area contributed by atoms with Gasteiger partial charge in [-0.05, 0) is 50.8 Å². The molecule has 2 heterocycles. The number of rotatable bonds is 4. The number of imide groups is 1. The highest BCUT2D eigenvalue weighted by Gasteiger charge is 2.33. The Morgan fingerprint density at radius 2 is 1.85 bits per heavy atom. The molecule has 0 N–H and O–H groups in total. The van der Waals surface area contributed by atoms with Gasteiger partial charge < -0.3 is 4.90 Å². The van der Waals surface area contributed by atoms with Crippen LogP contribution in [0, 0.1) is 0 Å². The van der Waals surface area contributed by atoms with Crippen molar-refractivity contribution >= 4 is 11.9 Å². The molecule has 3 amide bonds. The quantitative estimate of drug-likeness (QED) is 0.720. The average molecular weight is 355 g/mol. The van der Waals surface area contributed by atoms with Gasteiger partial charge in [0.2, 0.25) is 5.91 Å². The predicted molar refractivity (Wildman–Crippen MR) is 103 cm³/mol. The fourth-order valence-electron chi connectivity index (χ4n) is 3.76. The van der Waals surface area contributed by atoms with E-state index in [0.717, 1.165) is 30.8 Å². The van der Waals surface area contributed by atoms with Crippen LogP contribution < -0.4 is 0 Å². The van der Waals surface area contributed by atoms with Crippen molar-refractivity contribution in [3.63, 3.8) is 0 Å². The molecular formula is C21H29N3O2. The molecule has 2 aliphatic heterocycles. The summed E-state index contributed by atoms with van der Waals surface area (Å²) in [7, 11) is 0. The molecule has 5 nitrogen and oxygen atoms in total. The SMILES string of the molecule is C/C=C/CN1C(=O)CCN(C2=CC=C(N3CCCCC3)CC=C2C)C1=O. The number of likely N-dealkylation sites (tertiary alicyclic amines) is 1. The molecule has 2 fully saturated rings. The molecule has 0 atom stereocenters. The second kappa shape index (κ2) is 8.39. The maximum atomic E-state index is 12.9. The highest BCUT2D eigenvalue weighted by Crippen LogP contribution is 2.27. The predicted octanol–water partition coefficient (Wildman–Crippen LogP) is 3.82. The van der Waals surface area contributed by atoms with Crippen LogP contribution in [0.1, 0.15) is 46.0 Å². The van der Waals surface area contributed by atoms with Crippen molar-refractivity contribution in [2.45, 2.75) is 46.0 Å². The van der Waals surface area contributed by atoms with Crippen LogP contribution in [0.5, 0.6) is 0 Å². The van der Waals surface area contributed by atoms with Crippen LogP contribution in [0.15, 0.2) is 47.3 Å². The van der Waals surface area contributed by atoms with E-state index in [1.165, 1.54) is 29.9 Å². The van der Waals surface area contributed by atoms with Gasteiger partial charge in [0, 0.05) is 50.4 Å². The van der Waals surface area contributed by atoms with Crippen molar-refractivity contribution in [3.05, 3.63) is 47.3 Å². The summed E-state index contributed by atoms with van der Waals surface area (Å²) >= 11 is 0. The first-order valence-electron chi connectivity index (χ1n) is 9.67. The first-order chi connectivity index (χ1) is 12.6. The van der Waals surface area contributed by atoms with Gasteiger partial charge in [0.05, 0.1) is 0 Å². The summed E-state index contributed by atoms with van der Waals surface area (Å²) in [6, 6.07) is -0.215. The lowest BCUT2D eigenvalue weighted by atomic mass is 10.1. The van der Waals surface area contributed by atoms with Gasteiger partial charge in [-0.2, -0.15) is 0 Å². The third kappa shape index (κ3) is 3.92. The van der Waals surface area contributed by atoms with Crippen molar-refractivity contribution in [1.82, 2.24) is 14.7 Å². The molecule has 0 aromatic heterocycles. The van der Waals surface area contributed by atoms with Crippen LogP contribution in [0.4, 0.5) is 4.79 Å². The minimum Gasteiger partial charge on any atom is -0.375 e. The molecule has 2 saturated heterocycles. The zero-order chi connectivity index (χ0) is 18.5. The highest BCUT2D eigenvalue weighted by molar-refractivity contribution is 5.98. The molecule has 0 aromatic rings. The first kappa shape index (κ1) is 18.5. The number of allylic oxidation sites excluding steroid dienone is 5. The normalized spacial score (nSPS) is 22.4. The van der Waals surface area contributed by atoms with Crippen LogP contribution in [0.3, 0.4) is 0 Å². The number of nitrogens with zero attached hydrogens (tertiary/aromatic N) is 3. The zero-order valence-electron chi connectivity index (χ0n) is 15.9. The van der Waals surface area contributed by atoms with Crippen molar-refractivity contribution in [3.8, 4) is 0 Å². The zero-order valence-corrected chi connectivity index (χ0v) is 15.9. The van der Waals surface area contributed by atoms with E-state index in [1.807, 2.05) is 19.1 Å². The molecule has 0 spiro atoms.